The summed E-state index contributed by atoms with van der Waals surface area (Å²) >= 11 is 0. The molecule has 0 N–H and O–H groups in total. The first-order chi connectivity index (χ1) is 16.6. The molecule has 0 amide bonds. The first-order valence-corrected chi connectivity index (χ1v) is 29.3. The van der Waals surface area contributed by atoms with Gasteiger partial charge in [-0.1, -0.05) is 24.3 Å². The van der Waals surface area contributed by atoms with Crippen LogP contribution in [-0.4, -0.2) is 71.4 Å². The van der Waals surface area contributed by atoms with Crippen molar-refractivity contribution in [3.8, 4) is 0 Å². The number of rotatable bonds is 16. The molecule has 36 heavy (non-hydrogen) atoms. The average molecular weight is 637 g/mol. The van der Waals surface area contributed by atoms with Crippen molar-refractivity contribution in [3.05, 3.63) is 50.6 Å². The van der Waals surface area contributed by atoms with Crippen LogP contribution < -0.4 is 0 Å². The Balaban J connectivity index is 3.32. The monoisotopic (exact) mass is 636 g/mol. The van der Waals surface area contributed by atoms with E-state index in [1.54, 1.807) is 0 Å². The highest BCUT2D eigenvalue weighted by Crippen LogP contribution is 2.24. The summed E-state index contributed by atoms with van der Waals surface area (Å²) in [5.41, 5.74) is 0. The molecule has 1 aliphatic heterocycles. The quantitative estimate of drug-likeness (QED) is 0.159. The summed E-state index contributed by atoms with van der Waals surface area (Å²) in [6, 6.07) is 3.03. The van der Waals surface area contributed by atoms with Crippen LogP contribution in [0.25, 0.3) is 0 Å². The first-order valence-electron chi connectivity index (χ1n) is 11.9. The Labute approximate surface area is 230 Å². The van der Waals surface area contributed by atoms with Gasteiger partial charge in [-0.25, -0.2) is 0 Å². The molecule has 0 spiro atoms. The van der Waals surface area contributed by atoms with E-state index in [1.807, 2.05) is 24.3 Å². The van der Waals surface area contributed by atoms with E-state index in [9.17, 15) is 0 Å². The molecule has 0 atom stereocenters. The van der Waals surface area contributed by atoms with Crippen LogP contribution in [0.4, 0.5) is 0 Å². The Bertz CT molecular complexity index is 609. The van der Waals surface area contributed by atoms with Gasteiger partial charge in [0.15, 0.2) is 33.3 Å². The van der Waals surface area contributed by atoms with E-state index < -0.39 is 71.4 Å². The zero-order valence-electron chi connectivity index (χ0n) is 23.2. The average Bonchev–Trinajstić information content (AvgIpc) is 2.64. The minimum Gasteiger partial charge on any atom is -0.414 e. The van der Waals surface area contributed by atoms with E-state index in [0.29, 0.717) is 0 Å². The van der Waals surface area contributed by atoms with Crippen LogP contribution in [0.5, 0.6) is 0 Å². The largest absolute Gasteiger partial charge is 0.550 e. The summed E-state index contributed by atoms with van der Waals surface area (Å²) in [6.07, 6.45) is 7.49. The molecule has 204 valence electrons. The molecule has 4 radical (unpaired) electrons. The predicted octanol–water partition coefficient (Wildman–Crippen LogP) is 5.64. The normalized spacial score (nSPS) is 18.4. The second-order valence-corrected chi connectivity index (χ2v) is 35.1. The molecular formula is C20H44O8Si8. The van der Waals surface area contributed by atoms with Crippen LogP contribution in [-0.2, 0) is 32.9 Å². The molecule has 8 nitrogen and oxygen atoms in total. The van der Waals surface area contributed by atoms with E-state index in [1.165, 1.54) is 0 Å². The molecule has 0 aromatic carbocycles. The van der Waals surface area contributed by atoms with Crippen LogP contribution >= 0.6 is 0 Å². The molecule has 1 saturated heterocycles. The molecule has 0 aromatic rings. The van der Waals surface area contributed by atoms with Crippen molar-refractivity contribution < 1.29 is 32.9 Å². The van der Waals surface area contributed by atoms with Gasteiger partial charge in [0.05, 0.1) is 0 Å². The van der Waals surface area contributed by atoms with Gasteiger partial charge >= 0.3 is 38.1 Å². The van der Waals surface area contributed by atoms with E-state index in [0.717, 1.165) is 24.2 Å². The molecular weight excluding hydrogens is 593 g/mol. The van der Waals surface area contributed by atoms with Crippen molar-refractivity contribution >= 4 is 71.4 Å². The van der Waals surface area contributed by atoms with Crippen LogP contribution in [0.15, 0.2) is 50.6 Å². The van der Waals surface area contributed by atoms with Gasteiger partial charge in [-0.05, 0) is 76.6 Å². The Hall–Kier alpha value is 0.375. The lowest BCUT2D eigenvalue weighted by atomic mass is 10.8. The fraction of sp³-hybridized carbons (Fsp3) is 0.600. The number of hydrogen-bond donors (Lipinski definition) is 0. The van der Waals surface area contributed by atoms with Gasteiger partial charge in [-0.3, -0.25) is 0 Å². The molecule has 0 unspecified atom stereocenters. The van der Waals surface area contributed by atoms with Gasteiger partial charge in [-0.15, -0.1) is 26.3 Å². The first kappa shape index (κ1) is 34.4. The number of allylic oxidation sites excluding steroid dienone is 4. The zero-order chi connectivity index (χ0) is 27.6. The van der Waals surface area contributed by atoms with E-state index >= 15 is 0 Å². The van der Waals surface area contributed by atoms with Crippen LogP contribution in [0, 0.1) is 0 Å². The fourth-order valence-electron chi connectivity index (χ4n) is 2.98. The third kappa shape index (κ3) is 14.0. The lowest BCUT2D eigenvalue weighted by molar-refractivity contribution is 0.142. The summed E-state index contributed by atoms with van der Waals surface area (Å²) in [6.45, 7) is 32.3. The van der Waals surface area contributed by atoms with Crippen molar-refractivity contribution in [2.45, 2.75) is 76.6 Å². The zero-order valence-corrected chi connectivity index (χ0v) is 31.2. The highest BCUT2D eigenvalue weighted by molar-refractivity contribution is 6.84. The maximum atomic E-state index is 6.45. The Morgan fingerprint density at radius 2 is 0.611 bits per heavy atom. The third-order valence-electron chi connectivity index (χ3n) is 4.65. The molecule has 1 aliphatic rings. The van der Waals surface area contributed by atoms with Gasteiger partial charge in [0, 0.05) is 0 Å². The molecule has 1 rings (SSSR count). The minimum atomic E-state index is -2.28. The van der Waals surface area contributed by atoms with Crippen molar-refractivity contribution in [1.29, 1.82) is 0 Å². The topological polar surface area (TPSA) is 73.8 Å². The summed E-state index contributed by atoms with van der Waals surface area (Å²) in [5.74, 6) is 0. The Morgan fingerprint density at radius 3 is 0.750 bits per heavy atom. The summed E-state index contributed by atoms with van der Waals surface area (Å²) < 4.78 is 51.3. The minimum absolute atomic E-state index is 0.758. The fourth-order valence-corrected chi connectivity index (χ4v) is 23.0. The lowest BCUT2D eigenvalue weighted by Gasteiger charge is -2.37. The summed E-state index contributed by atoms with van der Waals surface area (Å²) in [7, 11) is -17.7. The van der Waals surface area contributed by atoms with Crippen molar-refractivity contribution in [1.82, 2.24) is 0 Å². The van der Waals surface area contributed by atoms with E-state index in [2.05, 4.69) is 78.7 Å². The Kier molecular flexibility index (Phi) is 14.6. The van der Waals surface area contributed by atoms with Gasteiger partial charge in [-0.2, -0.15) is 0 Å². The van der Waals surface area contributed by atoms with Crippen molar-refractivity contribution in [2.24, 2.45) is 0 Å². The summed E-state index contributed by atoms with van der Waals surface area (Å²) in [5, 5.41) is 0. The molecule has 0 aromatic heterocycles. The van der Waals surface area contributed by atoms with E-state index in [4.69, 9.17) is 32.9 Å². The van der Waals surface area contributed by atoms with Gasteiger partial charge < -0.3 is 32.9 Å². The SMILES string of the molecule is C=CC[Si](C)(C)O[Si]1O[Si](O[Si](C)(C)CC=C)O[Si](O[Si](C)(C)CC=C)O[Si](O[Si](C)(C)CC=C)O1. The van der Waals surface area contributed by atoms with Crippen LogP contribution in [0.3, 0.4) is 0 Å². The maximum absolute atomic E-state index is 6.45. The standard InChI is InChI=1S/C20H44O8Si8/c1-13-17-33(5,6)25-29-21-30(26-34(7,8)18-14-2)23-32(28-36(11,12)20-16-4)24-31(22-29)27-35(9,10)19-15-3/h13-16H,1-4,17-20H2,5-12H3. The smallest absolute Gasteiger partial charge is 0.414 e. The molecule has 1 heterocycles. The highest BCUT2D eigenvalue weighted by atomic mass is 28.5. The van der Waals surface area contributed by atoms with Crippen molar-refractivity contribution in [2.75, 3.05) is 0 Å². The van der Waals surface area contributed by atoms with Crippen LogP contribution in [0.2, 0.25) is 76.6 Å². The molecule has 0 aliphatic carbocycles. The lowest BCUT2D eigenvalue weighted by Crippen LogP contribution is -2.59. The van der Waals surface area contributed by atoms with E-state index in [-0.39, 0.29) is 0 Å². The van der Waals surface area contributed by atoms with Gasteiger partial charge in [0.1, 0.15) is 0 Å². The van der Waals surface area contributed by atoms with Crippen LogP contribution in [0.1, 0.15) is 0 Å². The molecule has 0 saturated carbocycles. The van der Waals surface area contributed by atoms with Gasteiger partial charge in [0.2, 0.25) is 0 Å². The molecule has 0 bridgehead atoms. The molecule has 16 heteroatoms. The van der Waals surface area contributed by atoms with Gasteiger partial charge in [0.25, 0.3) is 0 Å². The third-order valence-corrected chi connectivity index (χ3v) is 26.6. The predicted molar refractivity (Wildman–Crippen MR) is 162 cm³/mol. The Morgan fingerprint density at radius 1 is 0.444 bits per heavy atom. The second-order valence-electron chi connectivity index (χ2n) is 10.8. The second kappa shape index (κ2) is 15.2. The molecule has 1 fully saturated rings. The highest BCUT2D eigenvalue weighted by Gasteiger charge is 2.50. The maximum Gasteiger partial charge on any atom is 0.550 e. The summed E-state index contributed by atoms with van der Waals surface area (Å²) in [4.78, 5) is 0. The number of hydrogen-bond acceptors (Lipinski definition) is 8. The van der Waals surface area contributed by atoms with Crippen molar-refractivity contribution in [3.63, 3.8) is 0 Å².